The zero-order chi connectivity index (χ0) is 21.1. The van der Waals surface area contributed by atoms with E-state index in [9.17, 15) is 14.0 Å². The van der Waals surface area contributed by atoms with Gasteiger partial charge in [0.05, 0.1) is 29.7 Å². The summed E-state index contributed by atoms with van der Waals surface area (Å²) >= 11 is 0. The molecule has 3 heterocycles. The highest BCUT2D eigenvalue weighted by atomic mass is 19.1. The molecule has 1 aliphatic carbocycles. The van der Waals surface area contributed by atoms with Crippen LogP contribution in [0.2, 0.25) is 0 Å². The van der Waals surface area contributed by atoms with Crippen molar-refractivity contribution in [2.75, 3.05) is 18.8 Å². The monoisotopic (exact) mass is 411 g/mol. The number of hydrogen-bond acceptors (Lipinski definition) is 6. The molecule has 0 saturated heterocycles. The van der Waals surface area contributed by atoms with E-state index >= 15 is 0 Å². The van der Waals surface area contributed by atoms with Gasteiger partial charge < -0.3 is 9.99 Å². The number of alkyl halides is 2. The van der Waals surface area contributed by atoms with Crippen LogP contribution in [0.5, 0.6) is 0 Å². The molecule has 3 aromatic heterocycles. The maximum absolute atomic E-state index is 12.6. The largest absolute Gasteiger partial charge is 0.318 e. The quantitative estimate of drug-likeness (QED) is 0.547. The maximum atomic E-state index is 12.6. The number of pyridine rings is 1. The van der Waals surface area contributed by atoms with Gasteiger partial charge in [-0.05, 0) is 37.3 Å². The number of aromatic nitrogens is 4. The number of anilines is 1. The van der Waals surface area contributed by atoms with Crippen molar-refractivity contribution in [2.24, 2.45) is 0 Å². The second kappa shape index (κ2) is 8.71. The topological polar surface area (TPSA) is 91.4 Å². The van der Waals surface area contributed by atoms with Gasteiger partial charge >= 0.3 is 0 Å². The van der Waals surface area contributed by atoms with Crippen molar-refractivity contribution >= 4 is 16.7 Å². The number of fused-ring (bicyclic) bond motifs is 1. The number of nitriles is 1. The van der Waals surface area contributed by atoms with Gasteiger partial charge in [0.2, 0.25) is 0 Å². The molecule has 0 amide bonds. The molecule has 1 fully saturated rings. The predicted molar refractivity (Wildman–Crippen MR) is 110 cm³/mol. The van der Waals surface area contributed by atoms with Gasteiger partial charge in [0, 0.05) is 17.6 Å². The van der Waals surface area contributed by atoms with E-state index < -0.39 is 19.4 Å². The minimum absolute atomic E-state index is 0.266. The minimum atomic E-state index is -0.935. The molecule has 0 bridgehead atoms. The lowest BCUT2D eigenvalue weighted by Crippen LogP contribution is -2.37. The van der Waals surface area contributed by atoms with Gasteiger partial charge in [0.25, 0.3) is 0 Å². The van der Waals surface area contributed by atoms with Crippen molar-refractivity contribution in [3.63, 3.8) is 0 Å². The third-order valence-corrected chi connectivity index (χ3v) is 5.52. The molecule has 2 N–H and O–H groups in total. The molecular weight excluding hydrogens is 388 g/mol. The lowest BCUT2D eigenvalue weighted by Gasteiger charge is -2.29. The Morgan fingerprint density at radius 3 is 2.50 bits per heavy atom. The molecule has 9 heteroatoms. The Morgan fingerprint density at radius 1 is 1.20 bits per heavy atom. The number of nitrogens with one attached hydrogen (secondary N) is 2. The smallest absolute Gasteiger partial charge is 0.177 e. The van der Waals surface area contributed by atoms with Crippen LogP contribution in [0.4, 0.5) is 14.5 Å². The fourth-order valence-electron chi connectivity index (χ4n) is 3.58. The average molecular weight is 411 g/mol. The molecule has 1 saturated carbocycles. The first-order valence-corrected chi connectivity index (χ1v) is 10.1. The van der Waals surface area contributed by atoms with Crippen LogP contribution in [0.3, 0.4) is 0 Å². The Kier molecular flexibility index (Phi) is 5.86. The summed E-state index contributed by atoms with van der Waals surface area (Å²) in [5.74, 6) is 0.424. The van der Waals surface area contributed by atoms with Crippen molar-refractivity contribution in [2.45, 2.75) is 44.7 Å². The Morgan fingerprint density at radius 2 is 1.93 bits per heavy atom. The summed E-state index contributed by atoms with van der Waals surface area (Å²) in [6.07, 6.45) is 8.93. The van der Waals surface area contributed by atoms with Crippen LogP contribution in [0, 0.1) is 11.3 Å². The summed E-state index contributed by atoms with van der Waals surface area (Å²) in [5.41, 5.74) is 8.78. The predicted octanol–water partition coefficient (Wildman–Crippen LogP) is 3.88. The highest BCUT2D eigenvalue weighted by molar-refractivity contribution is 5.91. The van der Waals surface area contributed by atoms with Crippen LogP contribution in [-0.2, 0) is 6.42 Å². The van der Waals surface area contributed by atoms with Crippen LogP contribution in [0.25, 0.3) is 22.6 Å². The first-order chi connectivity index (χ1) is 14.7. The van der Waals surface area contributed by atoms with Crippen molar-refractivity contribution < 1.29 is 8.78 Å². The summed E-state index contributed by atoms with van der Waals surface area (Å²) in [4.78, 5) is 13.5. The van der Waals surface area contributed by atoms with Gasteiger partial charge in [0.15, 0.2) is 5.82 Å². The maximum Gasteiger partial charge on any atom is 0.177 e. The zero-order valence-corrected chi connectivity index (χ0v) is 16.7. The van der Waals surface area contributed by atoms with Crippen molar-refractivity contribution in [1.29, 1.82) is 5.26 Å². The number of rotatable bonds is 8. The van der Waals surface area contributed by atoms with Gasteiger partial charge in [-0.1, -0.05) is 6.92 Å². The lowest BCUT2D eigenvalue weighted by atomic mass is 9.92. The number of nitrogens with zero attached hydrogens (tertiary/aromatic N) is 5. The normalized spacial score (nSPS) is 14.1. The second-order valence-corrected chi connectivity index (χ2v) is 7.43. The molecule has 0 radical (unpaired) electrons. The van der Waals surface area contributed by atoms with Gasteiger partial charge in [-0.3, -0.25) is 0 Å². The molecule has 30 heavy (non-hydrogen) atoms. The third-order valence-electron chi connectivity index (χ3n) is 5.52. The molecule has 4 rings (SSSR count). The molecule has 0 spiro atoms. The molecular formula is C21H23F2N7. The van der Waals surface area contributed by atoms with Crippen molar-refractivity contribution in [1.82, 2.24) is 24.9 Å². The minimum Gasteiger partial charge on any atom is -0.318 e. The summed E-state index contributed by atoms with van der Waals surface area (Å²) < 4.78 is 27.4. The van der Waals surface area contributed by atoms with E-state index in [1.807, 2.05) is 12.3 Å². The third kappa shape index (κ3) is 3.59. The van der Waals surface area contributed by atoms with Crippen LogP contribution < -0.4 is 10.9 Å². The van der Waals surface area contributed by atoms with Gasteiger partial charge in [-0.2, -0.15) is 5.26 Å². The lowest BCUT2D eigenvalue weighted by molar-refractivity contribution is 0.320. The second-order valence-electron chi connectivity index (χ2n) is 7.43. The highest BCUT2D eigenvalue weighted by Crippen LogP contribution is 2.41. The van der Waals surface area contributed by atoms with E-state index in [0.29, 0.717) is 22.8 Å². The number of halogens is 2. The van der Waals surface area contributed by atoms with Crippen LogP contribution in [0.1, 0.15) is 43.4 Å². The average Bonchev–Trinajstić information content (AvgIpc) is 3.06. The summed E-state index contributed by atoms with van der Waals surface area (Å²) in [6, 6.07) is 3.68. The summed E-state index contributed by atoms with van der Waals surface area (Å²) in [5, 5.41) is 10.8. The van der Waals surface area contributed by atoms with E-state index in [0.717, 1.165) is 42.3 Å². The molecule has 1 aliphatic rings. The van der Waals surface area contributed by atoms with Gasteiger partial charge in [-0.25, -0.2) is 29.2 Å². The van der Waals surface area contributed by atoms with Crippen LogP contribution in [-0.4, -0.2) is 38.9 Å². The summed E-state index contributed by atoms with van der Waals surface area (Å²) in [7, 11) is 0. The number of hydrogen-bond donors (Lipinski definition) is 2. The van der Waals surface area contributed by atoms with Crippen LogP contribution >= 0.6 is 0 Å². The SMILES string of the molecule is CCc1cnc2c(c1)c(C#N)c(-c1ncc(NNC(CF)CF)cn1)n2C1CCC1. The Balaban J connectivity index is 1.75. The standard InChI is InChI=1S/C21H23F2N7/c1-2-13-6-17-18(9-24)19(30(16-4-3-5-16)21(17)27-10-13)20-25-11-15(12-26-20)29-28-14(7-22)8-23/h6,10-12,14,16,28-29H,2-5,7-8H2,1H3. The molecule has 156 valence electrons. The van der Waals surface area contributed by atoms with E-state index in [-0.39, 0.29) is 6.04 Å². The number of aryl methyl sites for hydroxylation is 1. The summed E-state index contributed by atoms with van der Waals surface area (Å²) in [6.45, 7) is 0.391. The first-order valence-electron chi connectivity index (χ1n) is 10.1. The molecule has 0 atom stereocenters. The molecule has 3 aromatic rings. The van der Waals surface area contributed by atoms with Gasteiger partial charge in [0.1, 0.15) is 30.8 Å². The Labute approximate surface area is 173 Å². The van der Waals surface area contributed by atoms with E-state index in [4.69, 9.17) is 0 Å². The van der Waals surface area contributed by atoms with Gasteiger partial charge in [-0.15, -0.1) is 0 Å². The number of hydrazine groups is 1. The van der Waals surface area contributed by atoms with E-state index in [1.54, 1.807) is 0 Å². The molecule has 7 nitrogen and oxygen atoms in total. The fourth-order valence-corrected chi connectivity index (χ4v) is 3.58. The van der Waals surface area contributed by atoms with E-state index in [2.05, 4.69) is 43.4 Å². The molecule has 0 unspecified atom stereocenters. The van der Waals surface area contributed by atoms with E-state index in [1.165, 1.54) is 12.4 Å². The Bertz CT molecular complexity index is 1060. The fraction of sp³-hybridized carbons (Fsp3) is 0.429. The molecule has 0 aliphatic heterocycles. The zero-order valence-electron chi connectivity index (χ0n) is 16.7. The Hall–Kier alpha value is -3.12. The van der Waals surface area contributed by atoms with Crippen molar-refractivity contribution in [3.8, 4) is 17.6 Å². The van der Waals surface area contributed by atoms with Crippen LogP contribution in [0.15, 0.2) is 24.7 Å². The first kappa shape index (κ1) is 20.2. The van der Waals surface area contributed by atoms with Crippen molar-refractivity contribution in [3.05, 3.63) is 35.8 Å². The molecule has 0 aromatic carbocycles. The highest BCUT2D eigenvalue weighted by Gasteiger charge is 2.29.